The molecule has 0 N–H and O–H groups in total. The van der Waals surface area contributed by atoms with E-state index in [1.54, 1.807) is 31.3 Å². The fourth-order valence-electron chi connectivity index (χ4n) is 6.79. The molecular weight excluding hydrogens is 668 g/mol. The summed E-state index contributed by atoms with van der Waals surface area (Å²) in [5, 5.41) is 0. The Hall–Kier alpha value is -4.68. The first-order valence-electron chi connectivity index (χ1n) is 17.8. The second-order valence-electron chi connectivity index (χ2n) is 12.9. The SMILES string of the molecule is COc1ccc(CCC(OC(=O)C2CCCN2C(=O)C(C)c2cc(OC)c(OC)c(OC)c2)c2cccc(OCCN3CCOCC3)c2)cc1OC. The molecule has 12 nitrogen and oxygen atoms in total. The molecule has 3 aromatic carbocycles. The number of esters is 1. The second-order valence-corrected chi connectivity index (χ2v) is 12.9. The Kier molecular flexibility index (Phi) is 13.9. The van der Waals surface area contributed by atoms with Gasteiger partial charge in [0, 0.05) is 26.2 Å². The fourth-order valence-corrected chi connectivity index (χ4v) is 6.79. The van der Waals surface area contributed by atoms with E-state index in [4.69, 9.17) is 37.9 Å². The van der Waals surface area contributed by atoms with Crippen molar-refractivity contribution in [3.63, 3.8) is 0 Å². The number of carbonyl (C=O) groups is 2. The molecule has 52 heavy (non-hydrogen) atoms. The molecule has 3 atom stereocenters. The molecule has 5 rings (SSSR count). The molecule has 2 aliphatic rings. The third-order valence-electron chi connectivity index (χ3n) is 9.78. The van der Waals surface area contributed by atoms with Crippen LogP contribution in [0.15, 0.2) is 54.6 Å². The van der Waals surface area contributed by atoms with Crippen LogP contribution >= 0.6 is 0 Å². The van der Waals surface area contributed by atoms with Gasteiger partial charge in [-0.25, -0.2) is 4.79 Å². The minimum Gasteiger partial charge on any atom is -0.493 e. The van der Waals surface area contributed by atoms with Crippen LogP contribution in [-0.4, -0.2) is 109 Å². The zero-order chi connectivity index (χ0) is 37.0. The standard InChI is InChI=1S/C40H52N2O10/c1-27(30-25-36(47-4)38(49-6)37(26-30)48-5)39(43)42-16-8-11-32(42)40(44)52-33(14-12-28-13-15-34(45-2)35(23-28)46-3)29-9-7-10-31(24-29)51-22-19-41-17-20-50-21-18-41/h7,9-10,13,15,23-27,32-33H,8,11-12,14,16-22H2,1-6H3. The van der Waals surface area contributed by atoms with Gasteiger partial charge in [-0.2, -0.15) is 0 Å². The molecule has 0 bridgehead atoms. The van der Waals surface area contributed by atoms with Crippen LogP contribution in [0.3, 0.4) is 0 Å². The maximum atomic E-state index is 14.1. The van der Waals surface area contributed by atoms with E-state index in [0.29, 0.717) is 78.9 Å². The highest BCUT2D eigenvalue weighted by molar-refractivity contribution is 5.89. The number of carbonyl (C=O) groups excluding carboxylic acids is 2. The number of nitrogens with zero attached hydrogens (tertiary/aromatic N) is 2. The molecule has 0 radical (unpaired) electrons. The number of amides is 1. The molecule has 0 saturated carbocycles. The van der Waals surface area contributed by atoms with Crippen LogP contribution in [0, 0.1) is 0 Å². The first-order valence-corrected chi connectivity index (χ1v) is 17.8. The van der Waals surface area contributed by atoms with Gasteiger partial charge in [0.25, 0.3) is 0 Å². The van der Waals surface area contributed by atoms with Gasteiger partial charge in [0.2, 0.25) is 11.7 Å². The molecule has 12 heteroatoms. The van der Waals surface area contributed by atoms with E-state index in [2.05, 4.69) is 4.90 Å². The summed E-state index contributed by atoms with van der Waals surface area (Å²) >= 11 is 0. The smallest absolute Gasteiger partial charge is 0.329 e. The highest BCUT2D eigenvalue weighted by Crippen LogP contribution is 2.41. The molecule has 2 saturated heterocycles. The number of morpholine rings is 1. The number of methoxy groups -OCH3 is 5. The normalized spacial score (nSPS) is 17.2. The minimum atomic E-state index is -0.714. The van der Waals surface area contributed by atoms with Crippen LogP contribution in [0.4, 0.5) is 0 Å². The van der Waals surface area contributed by atoms with Crippen molar-refractivity contribution in [3.05, 3.63) is 71.3 Å². The Labute approximate surface area is 306 Å². The lowest BCUT2D eigenvalue weighted by molar-refractivity contribution is -0.159. The molecule has 1 amide bonds. The molecule has 0 spiro atoms. The summed E-state index contributed by atoms with van der Waals surface area (Å²) in [6, 6.07) is 16.3. The average Bonchev–Trinajstić information content (AvgIpc) is 3.69. The van der Waals surface area contributed by atoms with Gasteiger partial charge in [-0.05, 0) is 85.7 Å². The van der Waals surface area contributed by atoms with Crippen LogP contribution in [0.25, 0.3) is 0 Å². The molecule has 0 aliphatic carbocycles. The zero-order valence-electron chi connectivity index (χ0n) is 31.2. The molecular formula is C40H52N2O10. The Morgan fingerprint density at radius 2 is 1.52 bits per heavy atom. The molecule has 3 aromatic rings. The van der Waals surface area contributed by atoms with Crippen molar-refractivity contribution in [2.24, 2.45) is 0 Å². The van der Waals surface area contributed by atoms with Crippen molar-refractivity contribution >= 4 is 11.9 Å². The average molecular weight is 721 g/mol. The molecule has 2 fully saturated rings. The Morgan fingerprint density at radius 3 is 2.19 bits per heavy atom. The molecule has 3 unspecified atom stereocenters. The van der Waals surface area contributed by atoms with Crippen LogP contribution in [0.5, 0.6) is 34.5 Å². The number of likely N-dealkylation sites (tertiary alicyclic amines) is 1. The van der Waals surface area contributed by atoms with Crippen molar-refractivity contribution in [2.45, 2.75) is 50.7 Å². The Bertz CT molecular complexity index is 1620. The van der Waals surface area contributed by atoms with Gasteiger partial charge in [-0.1, -0.05) is 18.2 Å². The predicted octanol–water partition coefficient (Wildman–Crippen LogP) is 5.45. The monoisotopic (exact) mass is 720 g/mol. The summed E-state index contributed by atoms with van der Waals surface area (Å²) in [5.74, 6) is 2.15. The molecule has 0 aromatic heterocycles. The minimum absolute atomic E-state index is 0.175. The van der Waals surface area contributed by atoms with Gasteiger partial charge in [0.15, 0.2) is 23.0 Å². The lowest BCUT2D eigenvalue weighted by Crippen LogP contribution is -2.43. The third-order valence-corrected chi connectivity index (χ3v) is 9.78. The van der Waals surface area contributed by atoms with E-state index < -0.39 is 24.0 Å². The fraction of sp³-hybridized carbons (Fsp3) is 0.500. The van der Waals surface area contributed by atoms with Gasteiger partial charge in [-0.3, -0.25) is 9.69 Å². The number of hydrogen-bond acceptors (Lipinski definition) is 11. The number of hydrogen-bond donors (Lipinski definition) is 0. The van der Waals surface area contributed by atoms with E-state index in [1.165, 1.54) is 21.3 Å². The predicted molar refractivity (Wildman–Crippen MR) is 195 cm³/mol. The largest absolute Gasteiger partial charge is 0.493 e. The van der Waals surface area contributed by atoms with Gasteiger partial charge in [0.1, 0.15) is 24.5 Å². The first kappa shape index (κ1) is 38.5. The second kappa shape index (κ2) is 18.7. The van der Waals surface area contributed by atoms with Crippen LogP contribution in [0.2, 0.25) is 0 Å². The third kappa shape index (κ3) is 9.40. The number of benzene rings is 3. The van der Waals surface area contributed by atoms with Crippen molar-refractivity contribution in [1.82, 2.24) is 9.80 Å². The summed E-state index contributed by atoms with van der Waals surface area (Å²) in [5.41, 5.74) is 2.52. The van der Waals surface area contributed by atoms with Crippen LogP contribution < -0.4 is 28.4 Å². The van der Waals surface area contributed by atoms with Crippen molar-refractivity contribution in [3.8, 4) is 34.5 Å². The van der Waals surface area contributed by atoms with Crippen LogP contribution in [-0.2, 0) is 25.5 Å². The number of rotatable bonds is 17. The maximum absolute atomic E-state index is 14.1. The van der Waals surface area contributed by atoms with Crippen molar-refractivity contribution in [1.29, 1.82) is 0 Å². The van der Waals surface area contributed by atoms with Gasteiger partial charge < -0.3 is 42.8 Å². The molecule has 2 aliphatic heterocycles. The summed E-state index contributed by atoms with van der Waals surface area (Å²) in [6.07, 6.45) is 1.72. The van der Waals surface area contributed by atoms with E-state index >= 15 is 0 Å². The summed E-state index contributed by atoms with van der Waals surface area (Å²) < 4.78 is 45.4. The Morgan fingerprint density at radius 1 is 0.808 bits per heavy atom. The zero-order valence-corrected chi connectivity index (χ0v) is 31.2. The van der Waals surface area contributed by atoms with E-state index in [-0.39, 0.29) is 5.91 Å². The summed E-state index contributed by atoms with van der Waals surface area (Å²) in [7, 11) is 7.81. The van der Waals surface area contributed by atoms with Crippen LogP contribution in [0.1, 0.15) is 54.9 Å². The van der Waals surface area contributed by atoms with Gasteiger partial charge in [-0.15, -0.1) is 0 Å². The van der Waals surface area contributed by atoms with E-state index in [1.807, 2.05) is 49.4 Å². The lowest BCUT2D eigenvalue weighted by atomic mass is 9.98. The van der Waals surface area contributed by atoms with E-state index in [9.17, 15) is 9.59 Å². The Balaban J connectivity index is 1.33. The summed E-state index contributed by atoms with van der Waals surface area (Å²) in [4.78, 5) is 32.0. The van der Waals surface area contributed by atoms with Gasteiger partial charge in [0.05, 0.1) is 54.7 Å². The topological polar surface area (TPSA) is 114 Å². The number of aryl methyl sites for hydroxylation is 1. The molecule has 282 valence electrons. The maximum Gasteiger partial charge on any atom is 0.329 e. The van der Waals surface area contributed by atoms with Crippen molar-refractivity contribution in [2.75, 3.05) is 81.5 Å². The highest BCUT2D eigenvalue weighted by atomic mass is 16.5. The van der Waals surface area contributed by atoms with Gasteiger partial charge >= 0.3 is 5.97 Å². The quantitative estimate of drug-likeness (QED) is 0.166. The summed E-state index contributed by atoms with van der Waals surface area (Å²) in [6.45, 7) is 6.84. The highest BCUT2D eigenvalue weighted by Gasteiger charge is 2.39. The van der Waals surface area contributed by atoms with E-state index in [0.717, 1.165) is 44.0 Å². The molecule has 2 heterocycles. The number of ether oxygens (including phenoxy) is 8. The van der Waals surface area contributed by atoms with Crippen molar-refractivity contribution < 1.29 is 47.5 Å². The first-order chi connectivity index (χ1) is 25.3. The lowest BCUT2D eigenvalue weighted by Gasteiger charge is -2.29.